The zero-order chi connectivity index (χ0) is 17.9. The monoisotopic (exact) mass is 333 g/mol. The zero-order valence-electron chi connectivity index (χ0n) is 15.2. The lowest BCUT2D eigenvalue weighted by molar-refractivity contribution is 0.0927. The van der Waals surface area contributed by atoms with Crippen LogP contribution in [0.3, 0.4) is 0 Å². The van der Waals surface area contributed by atoms with Crippen LogP contribution in [-0.4, -0.2) is 11.9 Å². The van der Waals surface area contributed by atoms with Crippen LogP contribution in [0.2, 0.25) is 0 Å². The second kappa shape index (κ2) is 10.4. The number of hydrogen-bond donors (Lipinski definition) is 1. The van der Waals surface area contributed by atoms with E-state index in [0.717, 1.165) is 24.0 Å². The van der Waals surface area contributed by atoms with Crippen molar-refractivity contribution in [1.29, 1.82) is 0 Å². The van der Waals surface area contributed by atoms with Crippen molar-refractivity contribution in [3.8, 4) is 11.8 Å². The molecule has 1 aliphatic rings. The molecule has 1 aliphatic carbocycles. The van der Waals surface area contributed by atoms with E-state index in [2.05, 4.69) is 17.2 Å². The molecule has 0 bridgehead atoms. The van der Waals surface area contributed by atoms with Gasteiger partial charge in [-0.25, -0.2) is 0 Å². The molecule has 1 fully saturated rings. The van der Waals surface area contributed by atoms with Crippen LogP contribution in [0.15, 0.2) is 54.6 Å². The lowest BCUT2D eigenvalue weighted by Gasteiger charge is -2.22. The molecule has 2 aromatic rings. The van der Waals surface area contributed by atoms with E-state index >= 15 is 0 Å². The number of nitrogens with one attached hydrogen (secondary N) is 1. The van der Waals surface area contributed by atoms with Gasteiger partial charge in [0.05, 0.1) is 0 Å². The van der Waals surface area contributed by atoms with E-state index in [4.69, 9.17) is 0 Å². The van der Waals surface area contributed by atoms with Gasteiger partial charge in [-0.15, -0.1) is 0 Å². The van der Waals surface area contributed by atoms with Crippen LogP contribution < -0.4 is 5.32 Å². The minimum Gasteiger partial charge on any atom is -0.349 e. The first kappa shape index (κ1) is 18.8. The van der Waals surface area contributed by atoms with Crippen LogP contribution in [0, 0.1) is 11.8 Å². The zero-order valence-corrected chi connectivity index (χ0v) is 15.2. The van der Waals surface area contributed by atoms with Crippen LogP contribution in [0.25, 0.3) is 0 Å². The summed E-state index contributed by atoms with van der Waals surface area (Å²) in [5.74, 6) is 6.28. The summed E-state index contributed by atoms with van der Waals surface area (Å²) in [4.78, 5) is 12.3. The molecule has 0 aromatic heterocycles. The van der Waals surface area contributed by atoms with Crippen molar-refractivity contribution in [1.82, 2.24) is 5.32 Å². The average molecular weight is 333 g/mol. The fourth-order valence-electron chi connectivity index (χ4n) is 2.89. The van der Waals surface area contributed by atoms with E-state index in [0.29, 0.717) is 11.6 Å². The molecule has 130 valence electrons. The third-order valence-corrected chi connectivity index (χ3v) is 4.21. The standard InChI is InChI=1S/C21H21NO.C2H6/c23-21(22-20-9-5-2-6-10-20)19-15-13-18(14-16-19)12-11-17-7-3-1-4-8-17;1-2/h1,3-4,7-8,13-16,20H,2,5-6,9-10H2,(H,22,23);1-2H3. The van der Waals surface area contributed by atoms with Crippen LogP contribution in [0.5, 0.6) is 0 Å². The Hall–Kier alpha value is -2.53. The van der Waals surface area contributed by atoms with Crippen LogP contribution >= 0.6 is 0 Å². The Balaban J connectivity index is 0.00000109. The lowest BCUT2D eigenvalue weighted by Crippen LogP contribution is -2.36. The summed E-state index contributed by atoms with van der Waals surface area (Å²) in [5, 5.41) is 3.14. The predicted molar refractivity (Wildman–Crippen MR) is 105 cm³/mol. The summed E-state index contributed by atoms with van der Waals surface area (Å²) in [6, 6.07) is 17.8. The van der Waals surface area contributed by atoms with Crippen LogP contribution in [-0.2, 0) is 0 Å². The largest absolute Gasteiger partial charge is 0.349 e. The van der Waals surface area contributed by atoms with E-state index < -0.39 is 0 Å². The maximum Gasteiger partial charge on any atom is 0.251 e. The van der Waals surface area contributed by atoms with E-state index in [1.807, 2.05) is 68.4 Å². The van der Waals surface area contributed by atoms with Gasteiger partial charge >= 0.3 is 0 Å². The molecule has 2 heteroatoms. The van der Waals surface area contributed by atoms with Crippen molar-refractivity contribution in [2.24, 2.45) is 0 Å². The van der Waals surface area contributed by atoms with Gasteiger partial charge in [-0.2, -0.15) is 0 Å². The molecular weight excluding hydrogens is 306 g/mol. The molecule has 0 aliphatic heterocycles. The SMILES string of the molecule is CC.O=C(NC1CCCCC1)c1ccc(C#Cc2ccccc2)cc1. The van der Waals surface area contributed by atoms with Gasteiger partial charge in [0.2, 0.25) is 0 Å². The Morgan fingerprint density at radius 1 is 0.840 bits per heavy atom. The molecule has 0 saturated heterocycles. The van der Waals surface area contributed by atoms with Crippen molar-refractivity contribution in [2.45, 2.75) is 52.0 Å². The van der Waals surface area contributed by atoms with Gasteiger partial charge in [-0.3, -0.25) is 4.79 Å². The molecule has 0 atom stereocenters. The van der Waals surface area contributed by atoms with Crippen LogP contribution in [0.4, 0.5) is 0 Å². The average Bonchev–Trinajstić information content (AvgIpc) is 2.70. The quantitative estimate of drug-likeness (QED) is 0.754. The molecular formula is C23H27NO. The highest BCUT2D eigenvalue weighted by atomic mass is 16.1. The second-order valence-corrected chi connectivity index (χ2v) is 6.00. The number of rotatable bonds is 2. The van der Waals surface area contributed by atoms with Gasteiger partial charge in [0, 0.05) is 22.7 Å². The highest BCUT2D eigenvalue weighted by Crippen LogP contribution is 2.18. The third kappa shape index (κ3) is 6.12. The Kier molecular flexibility index (Phi) is 7.79. The molecule has 25 heavy (non-hydrogen) atoms. The van der Waals surface area contributed by atoms with Crippen molar-refractivity contribution in [3.05, 3.63) is 71.3 Å². The number of carbonyl (C=O) groups excluding carboxylic acids is 1. The fourth-order valence-corrected chi connectivity index (χ4v) is 2.89. The molecule has 0 heterocycles. The van der Waals surface area contributed by atoms with E-state index in [9.17, 15) is 4.79 Å². The van der Waals surface area contributed by atoms with E-state index in [1.54, 1.807) is 0 Å². The first-order valence-corrected chi connectivity index (χ1v) is 9.29. The molecule has 2 aromatic carbocycles. The minimum absolute atomic E-state index is 0.0273. The number of amides is 1. The van der Waals surface area contributed by atoms with E-state index in [-0.39, 0.29) is 5.91 Å². The van der Waals surface area contributed by atoms with E-state index in [1.165, 1.54) is 19.3 Å². The Morgan fingerprint density at radius 2 is 1.40 bits per heavy atom. The molecule has 0 spiro atoms. The summed E-state index contributed by atoms with van der Waals surface area (Å²) in [6.45, 7) is 4.00. The Morgan fingerprint density at radius 3 is 2.00 bits per heavy atom. The van der Waals surface area contributed by atoms with Gasteiger partial charge in [-0.05, 0) is 49.2 Å². The topological polar surface area (TPSA) is 29.1 Å². The molecule has 3 rings (SSSR count). The van der Waals surface area contributed by atoms with Crippen LogP contribution in [0.1, 0.15) is 67.4 Å². The predicted octanol–water partition coefficient (Wildman–Crippen LogP) is 5.18. The maximum atomic E-state index is 12.3. The molecule has 0 unspecified atom stereocenters. The van der Waals surface area contributed by atoms with Crippen molar-refractivity contribution >= 4 is 5.91 Å². The van der Waals surface area contributed by atoms with Crippen molar-refractivity contribution in [2.75, 3.05) is 0 Å². The van der Waals surface area contributed by atoms with Crippen molar-refractivity contribution < 1.29 is 4.79 Å². The van der Waals surface area contributed by atoms with Gasteiger partial charge in [0.1, 0.15) is 0 Å². The highest BCUT2D eigenvalue weighted by molar-refractivity contribution is 5.94. The smallest absolute Gasteiger partial charge is 0.251 e. The molecule has 0 radical (unpaired) electrons. The number of carbonyl (C=O) groups is 1. The Labute approximate surface area is 151 Å². The van der Waals surface area contributed by atoms with Gasteiger partial charge in [0.15, 0.2) is 0 Å². The first-order chi connectivity index (χ1) is 12.3. The third-order valence-electron chi connectivity index (χ3n) is 4.21. The summed E-state index contributed by atoms with van der Waals surface area (Å²) in [6.07, 6.45) is 5.94. The van der Waals surface area contributed by atoms with Gasteiger partial charge < -0.3 is 5.32 Å². The lowest BCUT2D eigenvalue weighted by atomic mass is 9.95. The first-order valence-electron chi connectivity index (χ1n) is 9.29. The molecule has 2 nitrogen and oxygen atoms in total. The number of benzene rings is 2. The molecule has 1 amide bonds. The summed E-state index contributed by atoms with van der Waals surface area (Å²) in [7, 11) is 0. The normalized spacial score (nSPS) is 13.7. The summed E-state index contributed by atoms with van der Waals surface area (Å²) >= 11 is 0. The Bertz CT molecular complexity index is 701. The summed E-state index contributed by atoms with van der Waals surface area (Å²) < 4.78 is 0. The molecule has 1 N–H and O–H groups in total. The minimum atomic E-state index is 0.0273. The highest BCUT2D eigenvalue weighted by Gasteiger charge is 2.16. The van der Waals surface area contributed by atoms with Gasteiger partial charge in [0.25, 0.3) is 5.91 Å². The maximum absolute atomic E-state index is 12.3. The fraction of sp³-hybridized carbons (Fsp3) is 0.348. The van der Waals surface area contributed by atoms with Gasteiger partial charge in [-0.1, -0.05) is 63.1 Å². The number of hydrogen-bond acceptors (Lipinski definition) is 1. The van der Waals surface area contributed by atoms with Crippen molar-refractivity contribution in [3.63, 3.8) is 0 Å². The molecule has 1 saturated carbocycles. The second-order valence-electron chi connectivity index (χ2n) is 6.00. The summed E-state index contributed by atoms with van der Waals surface area (Å²) in [5.41, 5.74) is 2.62.